The molecule has 0 saturated heterocycles. The second kappa shape index (κ2) is 61.8. The number of para-hydroxylation sites is 1. The van der Waals surface area contributed by atoms with Crippen LogP contribution in [-0.4, -0.2) is 262 Å². The fraction of sp³-hybridized carbons (Fsp3) is 0.183. The predicted octanol–water partition coefficient (Wildman–Crippen LogP) is -3.21. The summed E-state index contributed by atoms with van der Waals surface area (Å²) < 4.78 is 57.5. The molecule has 724 valence electrons. The Labute approximate surface area is 864 Å². The van der Waals surface area contributed by atoms with Crippen LogP contribution in [-0.2, 0) is 20.7 Å². The van der Waals surface area contributed by atoms with Gasteiger partial charge in [0.2, 0.25) is 58.3 Å². The number of nitrogens with zero attached hydrogens (tertiary/aromatic N) is 43. The summed E-state index contributed by atoms with van der Waals surface area (Å²) >= 11 is 0. The van der Waals surface area contributed by atoms with Gasteiger partial charge in [0, 0.05) is 58.9 Å². The number of benzene rings is 4. The Kier molecular flexibility index (Phi) is 49.5. The van der Waals surface area contributed by atoms with Gasteiger partial charge in [0.25, 0.3) is 11.7 Å². The van der Waals surface area contributed by atoms with Crippen molar-refractivity contribution >= 4 is 55.3 Å². The van der Waals surface area contributed by atoms with Gasteiger partial charge in [0.15, 0.2) is 47.1 Å². The largest absolute Gasteiger partial charge is 1.00 e. The standard InChI is InChI=1S/C13H11N7.C11H9N9.C10H9N5O.C10H9N4.C9H8N4O3S.C8H7N5.C7H6N6.C7H17N.C4H5N5O.C3H4N4.2Na.O3S/c14-9-5-2-1-4-8(9)12-17-19-13(20-18-12)11-10(15)6-3-7-16-11;12-6-2-1-3-15-8(6)10-17-19-11(20-18-10)9-7(13)4-14-5-16-9;1-6-12-14-10(15-13-6)8-4-2-7(3-5-8)9(11)16;1-7-4-3-5-9(6-7)10-13-11-8(2)12-14-10;1-6-10-12-9(13-11-6)7-2-4-8(5-3-7)17(14,15)16;1-6-10-12-8(13-11-6)7-4-2-3-5-9-7;1-5-10-12-7(13-11-5)6-8-3-2-4-9-6;1-2-3-4-5-6-7-8;1-2-6-8-4(3(5)10)9-7-2;1-3-6-4-2-5-7-3;;;1-4(2)3/h1-7H,14-15H2;1-5H,12-13H2;2-5H,1H3,(H2,11,16);4-6H,1-2H3;2-5H,1H3,(H,14,15,16);2-5H,1H3;2-4H,1H3;2-8H2,1H3;1H3,(H2,5,10);2H,1H3;;;/q;;;-1;;;;;;;2*+1;/p-1. The van der Waals surface area contributed by atoms with Gasteiger partial charge in [-0.3, -0.25) is 24.5 Å². The van der Waals surface area contributed by atoms with Crippen molar-refractivity contribution in [2.45, 2.75) is 99.3 Å². The molecular weight excluding hydrogens is 1920 g/mol. The van der Waals surface area contributed by atoms with E-state index in [1.807, 2.05) is 61.5 Å². The maximum atomic E-state index is 10.9. The molecule has 0 aliphatic carbocycles. The molecule has 144 heavy (non-hydrogen) atoms. The van der Waals surface area contributed by atoms with Crippen LogP contribution in [0, 0.1) is 61.5 Å². The molecule has 0 saturated carbocycles. The number of anilines is 4. The smallest absolute Gasteiger partial charge is 0.744 e. The summed E-state index contributed by atoms with van der Waals surface area (Å²) in [4.78, 5) is 48.9. The quantitative estimate of drug-likeness (QED) is 0.0155. The normalized spacial score (nSPS) is 9.91. The Balaban J connectivity index is 0.000000246. The van der Waals surface area contributed by atoms with Gasteiger partial charge in [-0.1, -0.05) is 75.4 Å². The number of unbranched alkanes of at least 4 members (excludes halogenated alkanes) is 4. The number of nitrogen functional groups attached to an aromatic ring is 4. The summed E-state index contributed by atoms with van der Waals surface area (Å²) in [7, 11) is -7.54. The van der Waals surface area contributed by atoms with Gasteiger partial charge in [-0.25, -0.2) is 28.4 Å². The first-order chi connectivity index (χ1) is 68.4. The van der Waals surface area contributed by atoms with Crippen LogP contribution >= 0.6 is 0 Å². The van der Waals surface area contributed by atoms with Crippen LogP contribution in [0.15, 0.2) is 194 Å². The molecule has 14 N–H and O–H groups in total. The van der Waals surface area contributed by atoms with E-state index in [4.69, 9.17) is 52.8 Å². The van der Waals surface area contributed by atoms with Crippen LogP contribution in [0.25, 0.3) is 103 Å². The van der Waals surface area contributed by atoms with E-state index in [0.717, 1.165) is 23.2 Å². The molecule has 2 amide bonds. The van der Waals surface area contributed by atoms with E-state index in [1.54, 1.807) is 140 Å². The van der Waals surface area contributed by atoms with Crippen LogP contribution in [0.2, 0.25) is 0 Å². The van der Waals surface area contributed by atoms with Crippen LogP contribution in [0.4, 0.5) is 22.7 Å². The van der Waals surface area contributed by atoms with Crippen molar-refractivity contribution in [2.75, 3.05) is 29.5 Å². The average molecular weight is 2010 g/mol. The molecule has 0 spiro atoms. The topological polar surface area (TPSA) is 879 Å². The summed E-state index contributed by atoms with van der Waals surface area (Å²) in [5.74, 6) is 5.80. The zero-order valence-electron chi connectivity index (χ0n) is 78.5. The van der Waals surface area contributed by atoms with Gasteiger partial charge >= 0.3 is 69.7 Å². The van der Waals surface area contributed by atoms with E-state index in [9.17, 15) is 22.6 Å². The fourth-order valence-corrected chi connectivity index (χ4v) is 10.3. The molecular formula is C82H84N50Na2O8S2. The molecule has 58 nitrogen and oxygen atoms in total. The molecule has 0 unspecified atom stereocenters. The first-order valence-corrected chi connectivity index (χ1v) is 43.4. The number of hydrogen-bond donors (Lipinski definition) is 7. The summed E-state index contributed by atoms with van der Waals surface area (Å²) in [5, 5.41) is 136. The second-order valence-electron chi connectivity index (χ2n) is 27.4. The van der Waals surface area contributed by atoms with Crippen LogP contribution in [0.5, 0.6) is 0 Å². The van der Waals surface area contributed by atoms with Crippen molar-refractivity contribution in [1.82, 2.24) is 218 Å². The maximum absolute atomic E-state index is 10.9. The minimum absolute atomic E-state index is 0. The molecule has 0 aliphatic heterocycles. The monoisotopic (exact) mass is 2010 g/mol. The number of amides is 2. The number of hydrogen-bond acceptors (Lipinski definition) is 56. The van der Waals surface area contributed by atoms with E-state index in [-0.39, 0.29) is 93.1 Å². The zero-order chi connectivity index (χ0) is 103. The molecule has 14 aromatic heterocycles. The van der Waals surface area contributed by atoms with Gasteiger partial charge < -0.3 is 44.7 Å². The maximum Gasteiger partial charge on any atom is 1.00 e. The number of carbonyl (C=O) groups excluding carboxylic acids is 2. The molecule has 18 aromatic rings. The zero-order valence-corrected chi connectivity index (χ0v) is 84.1. The number of primary amides is 2. The second-order valence-corrected chi connectivity index (χ2v) is 29.2. The molecule has 0 fully saturated rings. The minimum Gasteiger partial charge on any atom is -0.744 e. The molecule has 18 rings (SSSR count). The summed E-state index contributed by atoms with van der Waals surface area (Å²) in [5.41, 5.74) is 46.7. The van der Waals surface area contributed by atoms with E-state index in [2.05, 4.69) is 231 Å². The molecule has 4 aromatic carbocycles. The number of nitrogens with two attached hydrogens (primary N) is 7. The van der Waals surface area contributed by atoms with Gasteiger partial charge in [-0.15, -0.1) is 196 Å². The molecule has 0 atom stereocenters. The Morgan fingerprint density at radius 3 is 1.13 bits per heavy atom. The number of pyridine rings is 3. The molecule has 0 aliphatic rings. The SMILES string of the molecule is CCCCCCCN.Cc1c[c-]cc(-c2nnc(C)nn2)c1.Cc1nnc(-c2ccc(C(N)=O)cc2)nn1.Cc1nnc(-c2ccc(S(=O)(=O)[O-])cc2)nn1.Cc1nnc(-c2ccccn2)nn1.Cc1nnc(-c2ncccn2)nn1.Cc1nnc(C(N)=O)nn1.Cc1nncnn1.Nc1ccccc1-c1nnc(-c2ncccc2N)nn1.Nc1cccnc1-c1nnc(-c2ncncc2N)nn1.O=S(=O)=O.[Na+].[Na+]. The Morgan fingerprint density at radius 2 is 0.736 bits per heavy atom. The molecule has 62 heteroatoms. The number of aryl methyl sites for hydroxylation is 8. The summed E-state index contributed by atoms with van der Waals surface area (Å²) in [6.45, 7) is 17.0. The third-order valence-corrected chi connectivity index (χ3v) is 17.3. The van der Waals surface area contributed by atoms with Crippen LogP contribution in [0.3, 0.4) is 0 Å². The number of rotatable bonds is 17. The van der Waals surface area contributed by atoms with E-state index < -0.39 is 32.5 Å². The summed E-state index contributed by atoms with van der Waals surface area (Å²) in [6, 6.07) is 41.9. The minimum atomic E-state index is -4.43. The molecule has 0 bridgehead atoms. The Hall–Kier alpha value is -17.4. The van der Waals surface area contributed by atoms with Crippen molar-refractivity contribution in [3.8, 4) is 103 Å². The molecule has 14 heterocycles. The van der Waals surface area contributed by atoms with Crippen molar-refractivity contribution in [3.05, 3.63) is 253 Å². The van der Waals surface area contributed by atoms with E-state index in [1.165, 1.54) is 75.2 Å². The fourth-order valence-electron chi connectivity index (χ4n) is 9.80. The van der Waals surface area contributed by atoms with Gasteiger partial charge in [0.05, 0.1) is 28.2 Å². The first-order valence-electron chi connectivity index (χ1n) is 40.9. The predicted molar refractivity (Wildman–Crippen MR) is 499 cm³/mol. The molecule has 0 radical (unpaired) electrons. The third-order valence-electron chi connectivity index (χ3n) is 16.4. The van der Waals surface area contributed by atoms with Gasteiger partial charge in [-0.2, -0.15) is 29.8 Å². The third kappa shape index (κ3) is 40.9. The van der Waals surface area contributed by atoms with E-state index in [0.29, 0.717) is 138 Å². The van der Waals surface area contributed by atoms with E-state index >= 15 is 0 Å². The van der Waals surface area contributed by atoms with Crippen LogP contribution < -0.4 is 99.3 Å². The van der Waals surface area contributed by atoms with Crippen molar-refractivity contribution in [3.63, 3.8) is 0 Å². The van der Waals surface area contributed by atoms with Gasteiger partial charge in [0.1, 0.15) is 45.0 Å². The van der Waals surface area contributed by atoms with Crippen molar-refractivity contribution < 1.29 is 94.3 Å². The number of aromatic nitrogens is 43. The Morgan fingerprint density at radius 1 is 0.354 bits per heavy atom. The summed E-state index contributed by atoms with van der Waals surface area (Å²) in [6.07, 6.45) is 18.8. The van der Waals surface area contributed by atoms with Gasteiger partial charge in [-0.05, 0) is 152 Å². The van der Waals surface area contributed by atoms with Crippen LogP contribution in [0.1, 0.15) is 106 Å². The number of carbonyl (C=O) groups is 2. The Bertz CT molecular complexity index is 6810. The van der Waals surface area contributed by atoms with Crippen molar-refractivity contribution in [1.29, 1.82) is 0 Å². The van der Waals surface area contributed by atoms with Crippen molar-refractivity contribution in [2.24, 2.45) is 17.2 Å². The first kappa shape index (κ1) is 115. The average Bonchev–Trinajstić information content (AvgIpc) is 0.816.